The number of nitrogens with one attached hydrogen (secondary N) is 2. The third kappa shape index (κ3) is 4.09. The minimum absolute atomic E-state index is 0.0438. The van der Waals surface area contributed by atoms with Gasteiger partial charge in [-0.25, -0.2) is 13.5 Å². The van der Waals surface area contributed by atoms with Gasteiger partial charge in [-0.3, -0.25) is 9.59 Å². The Morgan fingerprint density at radius 3 is 2.18 bits per heavy atom. The van der Waals surface area contributed by atoms with Gasteiger partial charge in [0.15, 0.2) is 11.6 Å². The van der Waals surface area contributed by atoms with Crippen LogP contribution in [0.4, 0.5) is 20.2 Å². The summed E-state index contributed by atoms with van der Waals surface area (Å²) in [4.78, 5) is 24.0. The molecule has 0 aliphatic carbocycles. The van der Waals surface area contributed by atoms with Gasteiger partial charge in [-0.2, -0.15) is 5.10 Å². The number of nitrogens with zero attached hydrogens (tertiary/aromatic N) is 2. The third-order valence-corrected chi connectivity index (χ3v) is 4.47. The van der Waals surface area contributed by atoms with Crippen LogP contribution in [0.1, 0.15) is 23.0 Å². The highest BCUT2D eigenvalue weighted by Gasteiger charge is 2.18. The molecule has 2 amide bonds. The minimum Gasteiger partial charge on any atom is -0.324 e. The van der Waals surface area contributed by atoms with Crippen molar-refractivity contribution in [1.29, 1.82) is 0 Å². The van der Waals surface area contributed by atoms with E-state index in [0.29, 0.717) is 5.69 Å². The van der Waals surface area contributed by atoms with Crippen molar-refractivity contribution >= 4 is 39.1 Å². The number of carbonyl (C=O) groups is 2. The van der Waals surface area contributed by atoms with Crippen molar-refractivity contribution in [3.8, 4) is 5.69 Å². The molecule has 0 radical (unpaired) electrons. The zero-order chi connectivity index (χ0) is 20.4. The monoisotopic (exact) mass is 448 g/mol. The van der Waals surface area contributed by atoms with E-state index in [1.807, 2.05) is 24.3 Å². The Balaban J connectivity index is 1.91. The zero-order valence-electron chi connectivity index (χ0n) is 14.9. The fraction of sp³-hybridized carbons (Fsp3) is 0.105. The van der Waals surface area contributed by atoms with Crippen molar-refractivity contribution in [2.75, 3.05) is 10.6 Å². The summed E-state index contributed by atoms with van der Waals surface area (Å²) in [7, 11) is 0. The van der Waals surface area contributed by atoms with E-state index in [9.17, 15) is 18.4 Å². The molecule has 6 nitrogen and oxygen atoms in total. The highest BCUT2D eigenvalue weighted by molar-refractivity contribution is 9.10. The number of amides is 2. The number of hydrogen-bond acceptors (Lipinski definition) is 3. The summed E-state index contributed by atoms with van der Waals surface area (Å²) in [5.41, 5.74) is 1.46. The Hall–Kier alpha value is -3.07. The largest absolute Gasteiger partial charge is 0.324 e. The van der Waals surface area contributed by atoms with Gasteiger partial charge < -0.3 is 10.6 Å². The maximum absolute atomic E-state index is 13.6. The molecule has 0 spiro atoms. The molecule has 0 aliphatic heterocycles. The van der Waals surface area contributed by atoms with E-state index >= 15 is 0 Å². The average Bonchev–Trinajstić information content (AvgIpc) is 3.01. The van der Waals surface area contributed by atoms with E-state index in [4.69, 9.17) is 0 Å². The van der Waals surface area contributed by atoms with Crippen LogP contribution in [0.25, 0.3) is 5.69 Å². The van der Waals surface area contributed by atoms with Crippen molar-refractivity contribution in [3.63, 3.8) is 0 Å². The second kappa shape index (κ2) is 7.89. The summed E-state index contributed by atoms with van der Waals surface area (Å²) in [6.45, 7) is 2.93. The minimum atomic E-state index is -1.15. The number of halogens is 3. The highest BCUT2D eigenvalue weighted by Crippen LogP contribution is 2.26. The van der Waals surface area contributed by atoms with E-state index in [1.54, 1.807) is 11.6 Å². The Morgan fingerprint density at radius 1 is 1.04 bits per heavy atom. The van der Waals surface area contributed by atoms with Gasteiger partial charge >= 0.3 is 0 Å². The maximum Gasteiger partial charge on any atom is 0.259 e. The molecule has 0 aliphatic rings. The van der Waals surface area contributed by atoms with Crippen LogP contribution in [0.15, 0.2) is 47.1 Å². The topological polar surface area (TPSA) is 76.0 Å². The molecular formula is C19H15BrF2N4O2. The normalized spacial score (nSPS) is 10.6. The fourth-order valence-electron chi connectivity index (χ4n) is 2.61. The van der Waals surface area contributed by atoms with Crippen molar-refractivity contribution in [2.45, 2.75) is 13.8 Å². The SMILES string of the molecule is CC(=O)Nc1cc(F)c(F)cc1NC(=O)c1cnn(-c2ccc(Br)cc2)c1C. The fourth-order valence-corrected chi connectivity index (χ4v) is 2.87. The predicted octanol–water partition coefficient (Wildman–Crippen LogP) is 4.43. The van der Waals surface area contributed by atoms with Crippen LogP contribution in [-0.4, -0.2) is 21.6 Å². The maximum atomic E-state index is 13.6. The van der Waals surface area contributed by atoms with Gasteiger partial charge in [0.1, 0.15) is 0 Å². The Labute approximate surface area is 167 Å². The molecule has 3 aromatic rings. The first-order chi connectivity index (χ1) is 13.3. The van der Waals surface area contributed by atoms with Gasteiger partial charge in [0.2, 0.25) is 5.91 Å². The number of benzene rings is 2. The zero-order valence-corrected chi connectivity index (χ0v) is 16.5. The lowest BCUT2D eigenvalue weighted by Gasteiger charge is -2.12. The summed E-state index contributed by atoms with van der Waals surface area (Å²) in [6.07, 6.45) is 1.38. The molecule has 144 valence electrons. The standard InChI is InChI=1S/C19H15BrF2N4O2/c1-10-14(9-23-26(10)13-5-3-12(20)4-6-13)19(28)25-18-8-16(22)15(21)7-17(18)24-11(2)27/h3-9H,1-2H3,(H,24,27)(H,25,28). The lowest BCUT2D eigenvalue weighted by Crippen LogP contribution is -2.16. The van der Waals surface area contributed by atoms with Crippen LogP contribution in [0.5, 0.6) is 0 Å². The molecule has 28 heavy (non-hydrogen) atoms. The van der Waals surface area contributed by atoms with Crippen molar-refractivity contribution < 1.29 is 18.4 Å². The van der Waals surface area contributed by atoms with Crippen molar-refractivity contribution in [3.05, 3.63) is 70.0 Å². The molecule has 2 aromatic carbocycles. The van der Waals surface area contributed by atoms with E-state index in [-0.39, 0.29) is 16.9 Å². The molecule has 0 saturated carbocycles. The molecule has 1 heterocycles. The summed E-state index contributed by atoms with van der Waals surface area (Å²) in [5.74, 6) is -3.34. The number of rotatable bonds is 4. The summed E-state index contributed by atoms with van der Waals surface area (Å²) < 4.78 is 29.6. The smallest absolute Gasteiger partial charge is 0.259 e. The van der Waals surface area contributed by atoms with Crippen LogP contribution in [-0.2, 0) is 4.79 Å². The number of hydrogen-bond donors (Lipinski definition) is 2. The van der Waals surface area contributed by atoms with Gasteiger partial charge in [0.05, 0.1) is 34.5 Å². The molecule has 1 aromatic heterocycles. The lowest BCUT2D eigenvalue weighted by molar-refractivity contribution is -0.114. The molecule has 0 bridgehead atoms. The first-order valence-electron chi connectivity index (χ1n) is 8.15. The molecule has 0 unspecified atom stereocenters. The van der Waals surface area contributed by atoms with Crippen LogP contribution in [0.3, 0.4) is 0 Å². The van der Waals surface area contributed by atoms with Crippen LogP contribution in [0, 0.1) is 18.6 Å². The second-order valence-corrected chi connectivity index (χ2v) is 6.89. The average molecular weight is 449 g/mol. The van der Waals surface area contributed by atoms with Crippen LogP contribution < -0.4 is 10.6 Å². The van der Waals surface area contributed by atoms with Crippen molar-refractivity contribution in [2.24, 2.45) is 0 Å². The second-order valence-electron chi connectivity index (χ2n) is 5.98. The third-order valence-electron chi connectivity index (χ3n) is 3.94. The summed E-state index contributed by atoms with van der Waals surface area (Å²) in [5, 5.41) is 9.07. The van der Waals surface area contributed by atoms with Crippen LogP contribution in [0.2, 0.25) is 0 Å². The number of anilines is 2. The van der Waals surface area contributed by atoms with E-state index in [2.05, 4.69) is 31.7 Å². The van der Waals surface area contributed by atoms with Gasteiger partial charge in [-0.15, -0.1) is 0 Å². The van der Waals surface area contributed by atoms with Gasteiger partial charge in [-0.1, -0.05) is 15.9 Å². The summed E-state index contributed by atoms with van der Waals surface area (Å²) >= 11 is 3.36. The Morgan fingerprint density at radius 2 is 1.61 bits per heavy atom. The number of aromatic nitrogens is 2. The van der Waals surface area contributed by atoms with Crippen molar-refractivity contribution in [1.82, 2.24) is 9.78 Å². The predicted molar refractivity (Wildman–Crippen MR) is 105 cm³/mol. The molecule has 0 atom stereocenters. The van der Waals surface area contributed by atoms with E-state index < -0.39 is 23.4 Å². The molecule has 0 saturated heterocycles. The Bertz CT molecular complexity index is 1060. The Kier molecular flexibility index (Phi) is 5.55. The van der Waals surface area contributed by atoms with E-state index in [0.717, 1.165) is 22.3 Å². The first-order valence-corrected chi connectivity index (χ1v) is 8.94. The molecule has 3 rings (SSSR count). The molecular weight excluding hydrogens is 434 g/mol. The molecule has 2 N–H and O–H groups in total. The molecule has 9 heteroatoms. The number of carbonyl (C=O) groups excluding carboxylic acids is 2. The molecule has 0 fully saturated rings. The van der Waals surface area contributed by atoms with E-state index in [1.165, 1.54) is 13.1 Å². The summed E-state index contributed by atoms with van der Waals surface area (Å²) in [6, 6.07) is 8.97. The van der Waals surface area contributed by atoms with Gasteiger partial charge in [0.25, 0.3) is 5.91 Å². The lowest BCUT2D eigenvalue weighted by atomic mass is 10.2. The first kappa shape index (κ1) is 19.7. The highest BCUT2D eigenvalue weighted by atomic mass is 79.9. The van der Waals surface area contributed by atoms with Gasteiger partial charge in [0, 0.05) is 23.5 Å². The van der Waals surface area contributed by atoms with Gasteiger partial charge in [-0.05, 0) is 31.2 Å². The quantitative estimate of drug-likeness (QED) is 0.619. The van der Waals surface area contributed by atoms with Crippen LogP contribution >= 0.6 is 15.9 Å².